The van der Waals surface area contributed by atoms with Crippen molar-refractivity contribution < 1.29 is 9.84 Å². The number of methoxy groups -OCH3 is 1. The molecule has 0 aliphatic carbocycles. The van der Waals surface area contributed by atoms with Gasteiger partial charge in [-0.2, -0.15) is 0 Å². The molecule has 4 N–H and O–H groups in total. The predicted molar refractivity (Wildman–Crippen MR) is 71.4 cm³/mol. The fraction of sp³-hybridized carbons (Fsp3) is 0.538. The number of nitrogens with one attached hydrogen (secondary N) is 1. The van der Waals surface area contributed by atoms with Crippen molar-refractivity contribution in [3.63, 3.8) is 0 Å². The van der Waals surface area contributed by atoms with E-state index in [-0.39, 0.29) is 0 Å². The van der Waals surface area contributed by atoms with Crippen LogP contribution in [0.3, 0.4) is 0 Å². The molecule has 17 heavy (non-hydrogen) atoms. The second-order valence-corrected chi connectivity index (χ2v) is 4.06. The zero-order valence-electron chi connectivity index (χ0n) is 10.4. The Morgan fingerprint density at radius 1 is 1.18 bits per heavy atom. The van der Waals surface area contributed by atoms with Crippen LogP contribution in [0, 0.1) is 0 Å². The summed E-state index contributed by atoms with van der Waals surface area (Å²) in [5.74, 6) is 0.771. The van der Waals surface area contributed by atoms with Crippen molar-refractivity contribution in [1.82, 2.24) is 0 Å². The number of hydrogen-bond acceptors (Lipinski definition) is 4. The Morgan fingerprint density at radius 2 is 1.94 bits per heavy atom. The smallest absolute Gasteiger partial charge is 0.122 e. The number of aliphatic hydroxyl groups is 1. The minimum atomic E-state index is 0.292. The summed E-state index contributed by atoms with van der Waals surface area (Å²) >= 11 is 0. The van der Waals surface area contributed by atoms with Crippen LogP contribution in [-0.4, -0.2) is 25.4 Å². The van der Waals surface area contributed by atoms with E-state index in [1.807, 2.05) is 12.1 Å². The summed E-state index contributed by atoms with van der Waals surface area (Å²) in [6.45, 7) is 1.21. The molecule has 1 aromatic rings. The maximum Gasteiger partial charge on any atom is 0.122 e. The number of rotatable bonds is 8. The van der Waals surface area contributed by atoms with Crippen LogP contribution in [0.1, 0.15) is 25.7 Å². The van der Waals surface area contributed by atoms with Crippen LogP contribution in [0.2, 0.25) is 0 Å². The van der Waals surface area contributed by atoms with Crippen molar-refractivity contribution in [3.05, 3.63) is 18.2 Å². The first-order valence-electron chi connectivity index (χ1n) is 6.05. The van der Waals surface area contributed by atoms with Gasteiger partial charge in [-0.3, -0.25) is 0 Å². The van der Waals surface area contributed by atoms with Crippen molar-refractivity contribution in [1.29, 1.82) is 0 Å². The van der Waals surface area contributed by atoms with Crippen LogP contribution in [0.25, 0.3) is 0 Å². The van der Waals surface area contributed by atoms with E-state index < -0.39 is 0 Å². The normalized spacial score (nSPS) is 10.2. The van der Waals surface area contributed by atoms with Crippen LogP contribution in [0.15, 0.2) is 18.2 Å². The summed E-state index contributed by atoms with van der Waals surface area (Å²) in [6, 6.07) is 5.63. The Kier molecular flexibility index (Phi) is 6.25. The summed E-state index contributed by atoms with van der Waals surface area (Å²) < 4.78 is 5.15. The van der Waals surface area contributed by atoms with E-state index in [0.29, 0.717) is 12.3 Å². The summed E-state index contributed by atoms with van der Waals surface area (Å²) in [5.41, 5.74) is 7.45. The summed E-state index contributed by atoms with van der Waals surface area (Å²) in [4.78, 5) is 0. The Labute approximate surface area is 103 Å². The lowest BCUT2D eigenvalue weighted by molar-refractivity contribution is 0.283. The zero-order valence-corrected chi connectivity index (χ0v) is 10.4. The second kappa shape index (κ2) is 7.79. The molecule has 0 bridgehead atoms. The molecule has 0 saturated carbocycles. The van der Waals surface area contributed by atoms with Gasteiger partial charge < -0.3 is 20.9 Å². The van der Waals surface area contributed by atoms with E-state index in [0.717, 1.165) is 43.7 Å². The lowest BCUT2D eigenvalue weighted by Crippen LogP contribution is -2.02. The van der Waals surface area contributed by atoms with Gasteiger partial charge in [-0.05, 0) is 18.9 Å². The van der Waals surface area contributed by atoms with E-state index in [4.69, 9.17) is 15.6 Å². The molecule has 0 atom stereocenters. The molecule has 0 fully saturated rings. The van der Waals surface area contributed by atoms with Crippen LogP contribution < -0.4 is 15.8 Å². The highest BCUT2D eigenvalue weighted by Crippen LogP contribution is 2.22. The first-order valence-corrected chi connectivity index (χ1v) is 6.05. The van der Waals surface area contributed by atoms with Gasteiger partial charge in [0.15, 0.2) is 0 Å². The topological polar surface area (TPSA) is 67.5 Å². The average Bonchev–Trinajstić information content (AvgIpc) is 2.33. The van der Waals surface area contributed by atoms with Crippen molar-refractivity contribution >= 4 is 11.4 Å². The monoisotopic (exact) mass is 238 g/mol. The van der Waals surface area contributed by atoms with Gasteiger partial charge in [-0.1, -0.05) is 12.8 Å². The molecule has 96 valence electrons. The second-order valence-electron chi connectivity index (χ2n) is 4.06. The number of aliphatic hydroxyl groups excluding tert-OH is 1. The maximum absolute atomic E-state index is 8.65. The van der Waals surface area contributed by atoms with Gasteiger partial charge in [0.1, 0.15) is 5.75 Å². The first kappa shape index (κ1) is 13.6. The minimum Gasteiger partial charge on any atom is -0.497 e. The molecule has 0 aromatic heterocycles. The summed E-state index contributed by atoms with van der Waals surface area (Å²) in [6.07, 6.45) is 4.20. The van der Waals surface area contributed by atoms with Crippen LogP contribution >= 0.6 is 0 Å². The molecule has 0 unspecified atom stereocenters. The highest BCUT2D eigenvalue weighted by molar-refractivity contribution is 5.59. The van der Waals surface area contributed by atoms with E-state index in [2.05, 4.69) is 5.32 Å². The van der Waals surface area contributed by atoms with Gasteiger partial charge in [0.2, 0.25) is 0 Å². The highest BCUT2D eigenvalue weighted by Gasteiger charge is 1.98. The number of nitrogen functional groups attached to an aromatic ring is 1. The molecular weight excluding hydrogens is 216 g/mol. The van der Waals surface area contributed by atoms with Crippen molar-refractivity contribution in [3.8, 4) is 5.75 Å². The number of anilines is 2. The molecule has 0 aliphatic heterocycles. The highest BCUT2D eigenvalue weighted by atomic mass is 16.5. The molecule has 0 radical (unpaired) electrons. The summed E-state index contributed by atoms with van der Waals surface area (Å²) in [5, 5.41) is 12.0. The molecule has 4 nitrogen and oxygen atoms in total. The number of unbranched alkanes of at least 4 members (excludes halogenated alkanes) is 3. The number of nitrogens with two attached hydrogens (primary N) is 1. The Balaban J connectivity index is 2.28. The molecule has 0 amide bonds. The number of benzene rings is 1. The third-order valence-corrected chi connectivity index (χ3v) is 2.58. The van der Waals surface area contributed by atoms with Crippen molar-refractivity contribution in [2.75, 3.05) is 31.3 Å². The molecule has 0 spiro atoms. The Bertz CT molecular complexity index is 329. The Morgan fingerprint density at radius 3 is 2.65 bits per heavy atom. The molecule has 1 aromatic carbocycles. The van der Waals surface area contributed by atoms with E-state index >= 15 is 0 Å². The molecule has 0 heterocycles. The van der Waals surface area contributed by atoms with Crippen LogP contribution in [-0.2, 0) is 0 Å². The largest absolute Gasteiger partial charge is 0.497 e. The summed E-state index contributed by atoms with van der Waals surface area (Å²) in [7, 11) is 1.63. The van der Waals surface area contributed by atoms with E-state index in [1.165, 1.54) is 0 Å². The lowest BCUT2D eigenvalue weighted by Gasteiger charge is -2.09. The van der Waals surface area contributed by atoms with Gasteiger partial charge >= 0.3 is 0 Å². The van der Waals surface area contributed by atoms with Crippen molar-refractivity contribution in [2.24, 2.45) is 0 Å². The number of ether oxygens (including phenoxy) is 1. The van der Waals surface area contributed by atoms with Gasteiger partial charge in [-0.25, -0.2) is 0 Å². The molecule has 1 rings (SSSR count). The zero-order chi connectivity index (χ0) is 12.5. The fourth-order valence-corrected chi connectivity index (χ4v) is 1.67. The van der Waals surface area contributed by atoms with E-state index in [9.17, 15) is 0 Å². The minimum absolute atomic E-state index is 0.292. The quantitative estimate of drug-likeness (QED) is 0.480. The molecular formula is C13H22N2O2. The van der Waals surface area contributed by atoms with Crippen LogP contribution in [0.5, 0.6) is 5.75 Å². The third-order valence-electron chi connectivity index (χ3n) is 2.58. The van der Waals surface area contributed by atoms with Gasteiger partial charge in [0.05, 0.1) is 7.11 Å². The Hall–Kier alpha value is -1.42. The molecule has 0 aliphatic rings. The molecule has 0 saturated heterocycles. The van der Waals surface area contributed by atoms with Crippen LogP contribution in [0.4, 0.5) is 11.4 Å². The standard InChI is InChI=1S/C13H22N2O2/c1-17-13-9-11(14)8-12(10-13)15-6-4-2-3-5-7-16/h8-10,15-16H,2-7,14H2,1H3. The average molecular weight is 238 g/mol. The number of hydrogen-bond donors (Lipinski definition) is 3. The van der Waals surface area contributed by atoms with E-state index in [1.54, 1.807) is 13.2 Å². The van der Waals surface area contributed by atoms with Crippen molar-refractivity contribution in [2.45, 2.75) is 25.7 Å². The van der Waals surface area contributed by atoms with Gasteiger partial charge in [0.25, 0.3) is 0 Å². The molecule has 4 heteroatoms. The third kappa shape index (κ3) is 5.45. The first-order chi connectivity index (χ1) is 8.26. The van der Waals surface area contributed by atoms with Gasteiger partial charge in [-0.15, -0.1) is 0 Å². The maximum atomic E-state index is 8.65. The fourth-order valence-electron chi connectivity index (χ4n) is 1.67. The predicted octanol–water partition coefficient (Wildman–Crippen LogP) is 2.24. The SMILES string of the molecule is COc1cc(N)cc(NCCCCCCO)c1. The lowest BCUT2D eigenvalue weighted by atomic mass is 10.2. The van der Waals surface area contributed by atoms with Gasteiger partial charge in [0, 0.05) is 36.7 Å².